The molecule has 0 unspecified atom stereocenters. The van der Waals surface area contributed by atoms with Crippen molar-refractivity contribution in [2.75, 3.05) is 6.61 Å². The van der Waals surface area contributed by atoms with E-state index in [1.54, 1.807) is 12.1 Å². The molecule has 0 saturated heterocycles. The SMILES string of the molecule is C#CCCCC(=O)c1ccc(OCC)cc1. The van der Waals surface area contributed by atoms with Crippen LogP contribution in [0.4, 0.5) is 0 Å². The summed E-state index contributed by atoms with van der Waals surface area (Å²) in [7, 11) is 0. The van der Waals surface area contributed by atoms with Gasteiger partial charge in [0.2, 0.25) is 0 Å². The summed E-state index contributed by atoms with van der Waals surface area (Å²) in [6.45, 7) is 2.56. The van der Waals surface area contributed by atoms with Gasteiger partial charge in [-0.1, -0.05) is 0 Å². The Kier molecular flexibility index (Phi) is 5.15. The molecule has 0 radical (unpaired) electrons. The van der Waals surface area contributed by atoms with Crippen molar-refractivity contribution in [3.63, 3.8) is 0 Å². The highest BCUT2D eigenvalue weighted by molar-refractivity contribution is 5.96. The number of ketones is 1. The Morgan fingerprint density at radius 2 is 2.06 bits per heavy atom. The summed E-state index contributed by atoms with van der Waals surface area (Å²) in [5, 5.41) is 0. The second kappa shape index (κ2) is 6.68. The molecular weight excluding hydrogens is 200 g/mol. The molecule has 2 nitrogen and oxygen atoms in total. The first-order valence-electron chi connectivity index (χ1n) is 5.47. The molecule has 16 heavy (non-hydrogen) atoms. The Hall–Kier alpha value is -1.75. The van der Waals surface area contributed by atoms with Crippen molar-refractivity contribution < 1.29 is 9.53 Å². The van der Waals surface area contributed by atoms with Crippen LogP contribution in [-0.4, -0.2) is 12.4 Å². The predicted molar refractivity (Wildman–Crippen MR) is 64.6 cm³/mol. The first-order valence-corrected chi connectivity index (χ1v) is 5.47. The minimum absolute atomic E-state index is 0.137. The highest BCUT2D eigenvalue weighted by atomic mass is 16.5. The molecule has 0 bridgehead atoms. The molecule has 2 heteroatoms. The molecule has 0 saturated carbocycles. The van der Waals surface area contributed by atoms with Gasteiger partial charge in [-0.2, -0.15) is 0 Å². The van der Waals surface area contributed by atoms with Gasteiger partial charge < -0.3 is 4.74 Å². The maximum absolute atomic E-state index is 11.7. The van der Waals surface area contributed by atoms with E-state index in [1.807, 2.05) is 19.1 Å². The second-order valence-electron chi connectivity index (χ2n) is 3.44. The topological polar surface area (TPSA) is 26.3 Å². The van der Waals surface area contributed by atoms with Gasteiger partial charge in [-0.15, -0.1) is 12.3 Å². The number of benzene rings is 1. The molecule has 1 aromatic rings. The van der Waals surface area contributed by atoms with E-state index in [2.05, 4.69) is 5.92 Å². The smallest absolute Gasteiger partial charge is 0.162 e. The summed E-state index contributed by atoms with van der Waals surface area (Å²) in [5.74, 6) is 3.46. The zero-order valence-electron chi connectivity index (χ0n) is 9.53. The number of unbranched alkanes of at least 4 members (excludes halogenated alkanes) is 1. The molecule has 1 aromatic carbocycles. The number of rotatable bonds is 6. The zero-order chi connectivity index (χ0) is 11.8. The van der Waals surface area contributed by atoms with Crippen molar-refractivity contribution in [1.82, 2.24) is 0 Å². The third-order valence-corrected chi connectivity index (χ3v) is 2.21. The summed E-state index contributed by atoms with van der Waals surface area (Å²) in [5.41, 5.74) is 0.723. The van der Waals surface area contributed by atoms with Gasteiger partial charge in [0.05, 0.1) is 6.61 Å². The number of carbonyl (C=O) groups excluding carboxylic acids is 1. The van der Waals surface area contributed by atoms with Gasteiger partial charge >= 0.3 is 0 Å². The number of hydrogen-bond donors (Lipinski definition) is 0. The van der Waals surface area contributed by atoms with Gasteiger partial charge in [0.15, 0.2) is 5.78 Å². The molecule has 84 valence electrons. The molecule has 0 aromatic heterocycles. The third-order valence-electron chi connectivity index (χ3n) is 2.21. The van der Waals surface area contributed by atoms with E-state index in [0.717, 1.165) is 17.7 Å². The van der Waals surface area contributed by atoms with Crippen LogP contribution in [0.5, 0.6) is 5.75 Å². The van der Waals surface area contributed by atoms with E-state index in [9.17, 15) is 4.79 Å². The van der Waals surface area contributed by atoms with Crippen LogP contribution in [0.3, 0.4) is 0 Å². The standard InChI is InChI=1S/C14H16O2/c1-3-5-6-7-14(15)12-8-10-13(11-9-12)16-4-2/h1,8-11H,4-7H2,2H3. The molecule has 0 amide bonds. The minimum Gasteiger partial charge on any atom is -0.494 e. The first kappa shape index (κ1) is 12.3. The lowest BCUT2D eigenvalue weighted by Crippen LogP contribution is -1.99. The summed E-state index contributed by atoms with van der Waals surface area (Å²) >= 11 is 0. The van der Waals surface area contributed by atoms with Gasteiger partial charge in [-0.25, -0.2) is 0 Å². The van der Waals surface area contributed by atoms with E-state index in [1.165, 1.54) is 0 Å². The highest BCUT2D eigenvalue weighted by Gasteiger charge is 2.04. The van der Waals surface area contributed by atoms with E-state index in [-0.39, 0.29) is 5.78 Å². The van der Waals surface area contributed by atoms with Crippen molar-refractivity contribution in [2.24, 2.45) is 0 Å². The van der Waals surface area contributed by atoms with Crippen LogP contribution in [0.2, 0.25) is 0 Å². The van der Waals surface area contributed by atoms with Crippen LogP contribution >= 0.6 is 0 Å². The molecule has 0 atom stereocenters. The average Bonchev–Trinajstić information content (AvgIpc) is 2.30. The molecule has 0 aliphatic heterocycles. The second-order valence-corrected chi connectivity index (χ2v) is 3.44. The van der Waals surface area contributed by atoms with Gasteiger partial charge in [-0.05, 0) is 37.6 Å². The van der Waals surface area contributed by atoms with Crippen molar-refractivity contribution in [1.29, 1.82) is 0 Å². The highest BCUT2D eigenvalue weighted by Crippen LogP contribution is 2.14. The molecule has 0 aliphatic rings. The maximum atomic E-state index is 11.7. The lowest BCUT2D eigenvalue weighted by molar-refractivity contribution is 0.0980. The van der Waals surface area contributed by atoms with Crippen molar-refractivity contribution in [3.8, 4) is 18.1 Å². The molecule has 0 heterocycles. The van der Waals surface area contributed by atoms with Crippen LogP contribution in [-0.2, 0) is 0 Å². The van der Waals surface area contributed by atoms with Crippen LogP contribution in [0, 0.1) is 12.3 Å². The molecule has 0 spiro atoms. The fraction of sp³-hybridized carbons (Fsp3) is 0.357. The van der Waals surface area contributed by atoms with E-state index in [0.29, 0.717) is 19.4 Å². The monoisotopic (exact) mass is 216 g/mol. The first-order chi connectivity index (χ1) is 7.77. The molecule has 0 aliphatic carbocycles. The Bertz CT molecular complexity index is 371. The van der Waals surface area contributed by atoms with Crippen LogP contribution in [0.1, 0.15) is 36.5 Å². The number of hydrogen-bond acceptors (Lipinski definition) is 2. The maximum Gasteiger partial charge on any atom is 0.162 e. The average molecular weight is 216 g/mol. The molecular formula is C14H16O2. The van der Waals surface area contributed by atoms with Crippen LogP contribution in [0.25, 0.3) is 0 Å². The Morgan fingerprint density at radius 3 is 2.62 bits per heavy atom. The largest absolute Gasteiger partial charge is 0.494 e. The number of ether oxygens (including phenoxy) is 1. The van der Waals surface area contributed by atoms with Crippen LogP contribution < -0.4 is 4.74 Å². The molecule has 0 fully saturated rings. The fourth-order valence-electron chi connectivity index (χ4n) is 1.40. The summed E-state index contributed by atoms with van der Waals surface area (Å²) in [6, 6.07) is 7.22. The predicted octanol–water partition coefficient (Wildman–Crippen LogP) is 3.07. The summed E-state index contributed by atoms with van der Waals surface area (Å²) < 4.78 is 5.30. The number of Topliss-reactive ketones (excluding diaryl/α,β-unsaturated/α-hetero) is 1. The third kappa shape index (κ3) is 3.78. The lowest BCUT2D eigenvalue weighted by atomic mass is 10.1. The zero-order valence-corrected chi connectivity index (χ0v) is 9.53. The van der Waals surface area contributed by atoms with E-state index >= 15 is 0 Å². The summed E-state index contributed by atoms with van der Waals surface area (Å²) in [6.07, 6.45) is 7.05. The van der Waals surface area contributed by atoms with Crippen LogP contribution in [0.15, 0.2) is 24.3 Å². The van der Waals surface area contributed by atoms with Gasteiger partial charge in [-0.3, -0.25) is 4.79 Å². The quantitative estimate of drug-likeness (QED) is 0.415. The summed E-state index contributed by atoms with van der Waals surface area (Å²) in [4.78, 5) is 11.7. The number of carbonyl (C=O) groups is 1. The van der Waals surface area contributed by atoms with E-state index < -0.39 is 0 Å². The van der Waals surface area contributed by atoms with Crippen molar-refractivity contribution in [3.05, 3.63) is 29.8 Å². The molecule has 0 N–H and O–H groups in total. The minimum atomic E-state index is 0.137. The Labute approximate surface area is 96.6 Å². The van der Waals surface area contributed by atoms with Gasteiger partial charge in [0, 0.05) is 18.4 Å². The number of terminal acetylenes is 1. The Balaban J connectivity index is 2.53. The van der Waals surface area contributed by atoms with Gasteiger partial charge in [0.1, 0.15) is 5.75 Å². The van der Waals surface area contributed by atoms with Gasteiger partial charge in [0.25, 0.3) is 0 Å². The van der Waals surface area contributed by atoms with E-state index in [4.69, 9.17) is 11.2 Å². The Morgan fingerprint density at radius 1 is 1.38 bits per heavy atom. The lowest BCUT2D eigenvalue weighted by Gasteiger charge is -2.04. The fourth-order valence-corrected chi connectivity index (χ4v) is 1.40. The van der Waals surface area contributed by atoms with Crippen molar-refractivity contribution in [2.45, 2.75) is 26.2 Å². The normalized spacial score (nSPS) is 9.50. The molecule has 1 rings (SSSR count). The van der Waals surface area contributed by atoms with Crippen molar-refractivity contribution >= 4 is 5.78 Å².